The molecule has 2 unspecified atom stereocenters. The Balaban J connectivity index is 1.25. The Labute approximate surface area is 218 Å². The molecule has 0 radical (unpaired) electrons. The molecule has 6 nitrogen and oxygen atoms in total. The van der Waals surface area contributed by atoms with Gasteiger partial charge in [-0.25, -0.2) is 18.2 Å². The van der Waals surface area contributed by atoms with Gasteiger partial charge < -0.3 is 20.1 Å². The van der Waals surface area contributed by atoms with Gasteiger partial charge in [-0.2, -0.15) is 0 Å². The van der Waals surface area contributed by atoms with Gasteiger partial charge >= 0.3 is 0 Å². The normalized spacial score (nSPS) is 29.9. The third kappa shape index (κ3) is 5.38. The van der Waals surface area contributed by atoms with Gasteiger partial charge in [-0.1, -0.05) is 23.4 Å². The minimum absolute atomic E-state index is 0.0241. The summed E-state index contributed by atoms with van der Waals surface area (Å²) in [4.78, 5) is 17.6. The van der Waals surface area contributed by atoms with Gasteiger partial charge in [-0.3, -0.25) is 4.79 Å². The summed E-state index contributed by atoms with van der Waals surface area (Å²) in [6, 6.07) is 3.97. The zero-order chi connectivity index (χ0) is 26.6. The minimum Gasteiger partial charge on any atom is -0.378 e. The molecule has 2 aromatic rings. The number of nitrogens with zero attached hydrogens (tertiary/aromatic N) is 2. The molecule has 1 aromatic heterocycles. The van der Waals surface area contributed by atoms with Gasteiger partial charge in [0.1, 0.15) is 22.7 Å². The van der Waals surface area contributed by atoms with E-state index in [0.717, 1.165) is 12.8 Å². The number of alkyl halides is 2. The molecule has 0 spiro atoms. The lowest BCUT2D eigenvalue weighted by Crippen LogP contribution is -2.38. The fraction of sp³-hybridized carbons (Fsp3) is 0.556. The molecule has 5 rings (SSSR count). The van der Waals surface area contributed by atoms with Gasteiger partial charge in [0, 0.05) is 31.5 Å². The summed E-state index contributed by atoms with van der Waals surface area (Å²) >= 11 is 5.83. The van der Waals surface area contributed by atoms with Crippen LogP contribution in [0, 0.1) is 29.5 Å². The first-order valence-corrected chi connectivity index (χ1v) is 12.9. The van der Waals surface area contributed by atoms with Crippen molar-refractivity contribution in [2.75, 3.05) is 5.32 Å². The van der Waals surface area contributed by atoms with Crippen molar-refractivity contribution in [1.29, 1.82) is 0 Å². The van der Waals surface area contributed by atoms with Crippen LogP contribution in [0.2, 0.25) is 5.02 Å². The van der Waals surface area contributed by atoms with Crippen molar-refractivity contribution in [1.82, 2.24) is 9.55 Å². The molecule has 37 heavy (non-hydrogen) atoms. The van der Waals surface area contributed by atoms with Crippen molar-refractivity contribution in [3.8, 4) is 11.8 Å². The van der Waals surface area contributed by atoms with Crippen LogP contribution < -0.4 is 5.32 Å². The monoisotopic (exact) mass is 535 g/mol. The van der Waals surface area contributed by atoms with Crippen LogP contribution in [-0.4, -0.2) is 42.8 Å². The summed E-state index contributed by atoms with van der Waals surface area (Å²) in [6.07, 6.45) is 2.88. The number of hydrogen-bond donors (Lipinski definition) is 3. The van der Waals surface area contributed by atoms with Crippen LogP contribution in [0.5, 0.6) is 0 Å². The van der Waals surface area contributed by atoms with Gasteiger partial charge in [0.05, 0.1) is 17.0 Å². The van der Waals surface area contributed by atoms with Gasteiger partial charge in [0.2, 0.25) is 5.92 Å². The molecule has 1 heterocycles. The van der Waals surface area contributed by atoms with Crippen LogP contribution in [0.25, 0.3) is 0 Å². The second kappa shape index (κ2) is 9.33. The highest BCUT2D eigenvalue weighted by atomic mass is 35.5. The highest BCUT2D eigenvalue weighted by molar-refractivity contribution is 6.31. The van der Waals surface area contributed by atoms with Crippen LogP contribution >= 0.6 is 11.6 Å². The summed E-state index contributed by atoms with van der Waals surface area (Å²) in [5.41, 5.74) is -1.28. The Hall–Kier alpha value is -2.54. The van der Waals surface area contributed by atoms with E-state index in [1.54, 1.807) is 17.9 Å². The van der Waals surface area contributed by atoms with Crippen molar-refractivity contribution < 1.29 is 28.2 Å². The van der Waals surface area contributed by atoms with Crippen LogP contribution in [-0.2, 0) is 7.05 Å². The third-order valence-electron chi connectivity index (χ3n) is 8.12. The second-order valence-corrected chi connectivity index (χ2v) is 11.3. The number of carbonyl (C=O) groups is 1. The molecular weight excluding hydrogens is 507 g/mol. The SMILES string of the molecule is Cn1cnc(C2CC3CC(O)(C#CC4(O)CCC(F)(F)CC4)CC3C2)c1C(=O)Nc1ccc(F)c(Cl)c1. The molecule has 3 aliphatic rings. The molecule has 198 valence electrons. The highest BCUT2D eigenvalue weighted by Crippen LogP contribution is 2.54. The predicted octanol–water partition coefficient (Wildman–Crippen LogP) is 5.04. The molecule has 10 heteroatoms. The summed E-state index contributed by atoms with van der Waals surface area (Å²) in [6.45, 7) is 0. The number of aliphatic hydroxyl groups is 2. The van der Waals surface area contributed by atoms with Crippen molar-refractivity contribution in [2.24, 2.45) is 18.9 Å². The zero-order valence-corrected chi connectivity index (χ0v) is 21.2. The van der Waals surface area contributed by atoms with E-state index in [1.165, 1.54) is 18.2 Å². The van der Waals surface area contributed by atoms with Crippen molar-refractivity contribution in [3.63, 3.8) is 0 Å². The van der Waals surface area contributed by atoms with E-state index in [-0.39, 0.29) is 41.5 Å². The van der Waals surface area contributed by atoms with Crippen molar-refractivity contribution in [3.05, 3.63) is 46.8 Å². The maximum atomic E-state index is 13.5. The number of hydrogen-bond acceptors (Lipinski definition) is 4. The molecule has 3 fully saturated rings. The number of aromatic nitrogens is 2. The Morgan fingerprint density at radius 3 is 2.35 bits per heavy atom. The average molecular weight is 536 g/mol. The topological polar surface area (TPSA) is 87.4 Å². The summed E-state index contributed by atoms with van der Waals surface area (Å²) in [7, 11) is 1.74. The Kier molecular flexibility index (Phi) is 6.58. The third-order valence-corrected chi connectivity index (χ3v) is 8.41. The average Bonchev–Trinajstić information content (AvgIpc) is 3.48. The summed E-state index contributed by atoms with van der Waals surface area (Å²) < 4.78 is 42.0. The molecule has 0 saturated heterocycles. The number of anilines is 1. The fourth-order valence-corrected chi connectivity index (χ4v) is 6.34. The minimum atomic E-state index is -2.77. The van der Waals surface area contributed by atoms with E-state index in [1.807, 2.05) is 0 Å². The first-order chi connectivity index (χ1) is 17.4. The molecule has 1 aromatic carbocycles. The van der Waals surface area contributed by atoms with E-state index >= 15 is 0 Å². The van der Waals surface area contributed by atoms with Crippen LogP contribution in [0.1, 0.15) is 73.5 Å². The largest absolute Gasteiger partial charge is 0.378 e. The molecule has 2 atom stereocenters. The standard InChI is InChI=1S/C27H29ClF3N3O3/c1-34-15-32-22(23(34)24(35)33-19-2-3-21(29)20(28)12-19)16-10-17-13-26(37,14-18(17)11-16)5-4-25(36)6-8-27(30,31)9-7-25/h2-3,12,15-18,36-37H,6-11,13-14H2,1H3,(H,33,35). The molecule has 3 saturated carbocycles. The number of halogens is 4. The van der Waals surface area contributed by atoms with Crippen LogP contribution in [0.4, 0.5) is 18.9 Å². The number of imidazole rings is 1. The van der Waals surface area contributed by atoms with Gasteiger partial charge in [0.15, 0.2) is 0 Å². The number of nitrogens with one attached hydrogen (secondary N) is 1. The van der Waals surface area contributed by atoms with Gasteiger partial charge in [0.25, 0.3) is 5.91 Å². The molecule has 0 aliphatic heterocycles. The van der Waals surface area contributed by atoms with Crippen LogP contribution in [0.15, 0.2) is 24.5 Å². The zero-order valence-electron chi connectivity index (χ0n) is 20.4. The molecular formula is C27H29ClF3N3O3. The quantitative estimate of drug-likeness (QED) is 0.480. The fourth-order valence-electron chi connectivity index (χ4n) is 6.16. The van der Waals surface area contributed by atoms with E-state index in [2.05, 4.69) is 22.1 Å². The van der Waals surface area contributed by atoms with E-state index < -0.39 is 35.8 Å². The number of aryl methyl sites for hydroxylation is 1. The van der Waals surface area contributed by atoms with Crippen LogP contribution in [0.3, 0.4) is 0 Å². The number of rotatable bonds is 3. The Bertz CT molecular complexity index is 1260. The Morgan fingerprint density at radius 2 is 1.73 bits per heavy atom. The van der Waals surface area contributed by atoms with E-state index in [0.29, 0.717) is 29.9 Å². The lowest BCUT2D eigenvalue weighted by atomic mass is 9.82. The first kappa shape index (κ1) is 26.1. The number of carbonyl (C=O) groups excluding carboxylic acids is 1. The molecule has 3 aliphatic carbocycles. The molecule has 0 bridgehead atoms. The maximum Gasteiger partial charge on any atom is 0.274 e. The molecule has 1 amide bonds. The Morgan fingerprint density at radius 1 is 1.11 bits per heavy atom. The van der Waals surface area contributed by atoms with Gasteiger partial charge in [-0.15, -0.1) is 0 Å². The van der Waals surface area contributed by atoms with Crippen molar-refractivity contribution in [2.45, 2.75) is 74.4 Å². The first-order valence-electron chi connectivity index (χ1n) is 12.5. The second-order valence-electron chi connectivity index (χ2n) is 10.9. The maximum absolute atomic E-state index is 13.5. The smallest absolute Gasteiger partial charge is 0.274 e. The summed E-state index contributed by atoms with van der Waals surface area (Å²) in [5.74, 6) is 2.22. The predicted molar refractivity (Wildman–Crippen MR) is 132 cm³/mol. The van der Waals surface area contributed by atoms with Crippen molar-refractivity contribution >= 4 is 23.2 Å². The molecule has 3 N–H and O–H groups in total. The number of fused-ring (bicyclic) bond motifs is 1. The summed E-state index contributed by atoms with van der Waals surface area (Å²) in [5, 5.41) is 24.4. The number of amides is 1. The lowest BCUT2D eigenvalue weighted by Gasteiger charge is -2.32. The van der Waals surface area contributed by atoms with E-state index in [9.17, 15) is 28.2 Å². The van der Waals surface area contributed by atoms with Gasteiger partial charge in [-0.05, 0) is 68.6 Å². The highest BCUT2D eigenvalue weighted by Gasteiger charge is 2.50. The number of benzene rings is 1. The van der Waals surface area contributed by atoms with E-state index in [4.69, 9.17) is 11.6 Å². The lowest BCUT2D eigenvalue weighted by molar-refractivity contribution is -0.0825.